The topological polar surface area (TPSA) is 57.8 Å². The van der Waals surface area contributed by atoms with Gasteiger partial charge in [-0.3, -0.25) is 4.79 Å². The number of hydrogen-bond donors (Lipinski definition) is 2. The number of amides is 1. The molecule has 0 radical (unpaired) electrons. The summed E-state index contributed by atoms with van der Waals surface area (Å²) in [6.07, 6.45) is 0.451. The molecule has 0 fully saturated rings. The molecule has 146 valence electrons. The zero-order valence-electron chi connectivity index (χ0n) is 14.8. The Balaban J connectivity index is 1.60. The molecule has 4 rings (SSSR count). The predicted octanol–water partition coefficient (Wildman–Crippen LogP) is 7.02. The Morgan fingerprint density at radius 2 is 1.69 bits per heavy atom. The van der Waals surface area contributed by atoms with Crippen LogP contribution in [0.15, 0.2) is 54.6 Å². The number of hydrogen-bond acceptors (Lipinski definition) is 2. The third-order valence-electron chi connectivity index (χ3n) is 4.38. The molecule has 1 aromatic heterocycles. The maximum atomic E-state index is 12.6. The van der Waals surface area contributed by atoms with E-state index in [9.17, 15) is 4.79 Å². The lowest BCUT2D eigenvalue weighted by Gasteiger charge is -2.07. The maximum absolute atomic E-state index is 12.6. The zero-order valence-corrected chi connectivity index (χ0v) is 17.8. The van der Waals surface area contributed by atoms with Crippen molar-refractivity contribution in [2.75, 3.05) is 5.32 Å². The second-order valence-electron chi connectivity index (χ2n) is 6.37. The Hall–Kier alpha value is -2.24. The number of fused-ring (bicyclic) bond motifs is 1. The third kappa shape index (κ3) is 4.36. The van der Waals surface area contributed by atoms with E-state index in [2.05, 4.69) is 15.3 Å². The summed E-state index contributed by atoms with van der Waals surface area (Å²) in [6, 6.07) is 15.5. The number of aromatic amines is 1. The Morgan fingerprint density at radius 3 is 2.45 bits per heavy atom. The van der Waals surface area contributed by atoms with Gasteiger partial charge in [-0.2, -0.15) is 0 Å². The molecule has 1 amide bonds. The number of nitrogens with zero attached hydrogens (tertiary/aromatic N) is 1. The molecule has 0 atom stereocenters. The van der Waals surface area contributed by atoms with E-state index < -0.39 is 0 Å². The molecule has 0 aliphatic rings. The van der Waals surface area contributed by atoms with Crippen LogP contribution in [0.3, 0.4) is 0 Å². The van der Waals surface area contributed by atoms with Crippen molar-refractivity contribution in [3.8, 4) is 0 Å². The summed E-state index contributed by atoms with van der Waals surface area (Å²) >= 11 is 24.6. The molecule has 0 aliphatic heterocycles. The van der Waals surface area contributed by atoms with E-state index in [1.165, 1.54) is 0 Å². The number of imidazole rings is 1. The van der Waals surface area contributed by atoms with Gasteiger partial charge in [0, 0.05) is 27.1 Å². The SMILES string of the molecule is O=C(Nc1cc(Cl)ccc1Cl)c1ccc2nc(Cc3c(Cl)cccc3Cl)[nH]c2c1. The Labute approximate surface area is 186 Å². The molecule has 0 aliphatic carbocycles. The van der Waals surface area contributed by atoms with Crippen LogP contribution in [0.4, 0.5) is 5.69 Å². The number of aromatic nitrogens is 2. The van der Waals surface area contributed by atoms with Crippen LogP contribution in [-0.4, -0.2) is 15.9 Å². The van der Waals surface area contributed by atoms with Gasteiger partial charge in [-0.1, -0.05) is 52.5 Å². The molecule has 0 bridgehead atoms. The third-order valence-corrected chi connectivity index (χ3v) is 5.65. The van der Waals surface area contributed by atoms with Gasteiger partial charge in [0.1, 0.15) is 5.82 Å². The fourth-order valence-electron chi connectivity index (χ4n) is 2.94. The molecule has 1 heterocycles. The van der Waals surface area contributed by atoms with Crippen molar-refractivity contribution in [3.05, 3.63) is 91.6 Å². The van der Waals surface area contributed by atoms with Gasteiger partial charge in [-0.25, -0.2) is 4.98 Å². The van der Waals surface area contributed by atoms with Gasteiger partial charge in [0.2, 0.25) is 0 Å². The van der Waals surface area contributed by atoms with Gasteiger partial charge in [0.25, 0.3) is 5.91 Å². The van der Waals surface area contributed by atoms with Crippen molar-refractivity contribution < 1.29 is 4.79 Å². The van der Waals surface area contributed by atoms with Crippen molar-refractivity contribution in [2.45, 2.75) is 6.42 Å². The van der Waals surface area contributed by atoms with Gasteiger partial charge in [0.05, 0.1) is 21.7 Å². The number of carbonyl (C=O) groups is 1. The number of rotatable bonds is 4. The van der Waals surface area contributed by atoms with E-state index >= 15 is 0 Å². The van der Waals surface area contributed by atoms with E-state index in [1.54, 1.807) is 54.6 Å². The van der Waals surface area contributed by atoms with Gasteiger partial charge in [0.15, 0.2) is 0 Å². The highest BCUT2D eigenvalue weighted by atomic mass is 35.5. The van der Waals surface area contributed by atoms with E-state index in [0.717, 1.165) is 16.6 Å². The smallest absolute Gasteiger partial charge is 0.255 e. The summed E-state index contributed by atoms with van der Waals surface area (Å²) in [6.45, 7) is 0. The standard InChI is InChI=1S/C21H13Cl4N3O/c22-12-5-6-16(25)18(9-12)28-21(29)11-4-7-17-19(8-11)27-20(26-17)10-13-14(23)2-1-3-15(13)24/h1-9H,10H2,(H,26,27)(H,28,29). The molecule has 29 heavy (non-hydrogen) atoms. The Morgan fingerprint density at radius 1 is 0.931 bits per heavy atom. The molecule has 0 saturated carbocycles. The minimum Gasteiger partial charge on any atom is -0.342 e. The molecule has 3 aromatic carbocycles. The highest BCUT2D eigenvalue weighted by molar-refractivity contribution is 6.36. The lowest BCUT2D eigenvalue weighted by molar-refractivity contribution is 0.102. The minimum atomic E-state index is -0.304. The molecular weight excluding hydrogens is 452 g/mol. The van der Waals surface area contributed by atoms with E-state index in [-0.39, 0.29) is 5.91 Å². The molecule has 0 saturated heterocycles. The van der Waals surface area contributed by atoms with E-state index in [4.69, 9.17) is 46.4 Å². The van der Waals surface area contributed by atoms with Crippen LogP contribution in [0.2, 0.25) is 20.1 Å². The van der Waals surface area contributed by atoms with E-state index in [1.807, 2.05) is 0 Å². The van der Waals surface area contributed by atoms with Gasteiger partial charge < -0.3 is 10.3 Å². The summed E-state index contributed by atoms with van der Waals surface area (Å²) in [7, 11) is 0. The minimum absolute atomic E-state index is 0.304. The van der Waals surface area contributed by atoms with Crippen LogP contribution in [0.1, 0.15) is 21.7 Å². The first-order valence-electron chi connectivity index (χ1n) is 8.58. The molecule has 8 heteroatoms. The Kier molecular flexibility index (Phi) is 5.70. The molecule has 0 spiro atoms. The van der Waals surface area contributed by atoms with Gasteiger partial charge >= 0.3 is 0 Å². The number of H-pyrrole nitrogens is 1. The molecule has 0 unspecified atom stereocenters. The molecular formula is C21H13Cl4N3O. The second kappa shape index (κ2) is 8.25. The van der Waals surface area contributed by atoms with Crippen molar-refractivity contribution in [2.24, 2.45) is 0 Å². The summed E-state index contributed by atoms with van der Waals surface area (Å²) in [5, 5.41) is 4.82. The van der Waals surface area contributed by atoms with Crippen molar-refractivity contribution >= 4 is 69.0 Å². The molecule has 4 aromatic rings. The molecule has 4 nitrogen and oxygen atoms in total. The first-order chi connectivity index (χ1) is 13.9. The Bertz CT molecular complexity index is 1220. The van der Waals surface area contributed by atoms with Crippen LogP contribution in [-0.2, 0) is 6.42 Å². The number of halogens is 4. The second-order valence-corrected chi connectivity index (χ2v) is 8.03. The fourth-order valence-corrected chi connectivity index (χ4v) is 3.81. The van der Waals surface area contributed by atoms with Crippen molar-refractivity contribution in [3.63, 3.8) is 0 Å². The predicted molar refractivity (Wildman–Crippen MR) is 120 cm³/mol. The highest BCUT2D eigenvalue weighted by Crippen LogP contribution is 2.28. The average molecular weight is 465 g/mol. The van der Waals surface area contributed by atoms with Crippen LogP contribution in [0.25, 0.3) is 11.0 Å². The quantitative estimate of drug-likeness (QED) is 0.341. The van der Waals surface area contributed by atoms with Crippen LogP contribution < -0.4 is 5.32 Å². The molecule has 2 N–H and O–H groups in total. The van der Waals surface area contributed by atoms with Crippen LogP contribution >= 0.6 is 46.4 Å². The summed E-state index contributed by atoms with van der Waals surface area (Å²) < 4.78 is 0. The maximum Gasteiger partial charge on any atom is 0.255 e. The highest BCUT2D eigenvalue weighted by Gasteiger charge is 2.13. The van der Waals surface area contributed by atoms with Crippen molar-refractivity contribution in [1.29, 1.82) is 0 Å². The van der Waals surface area contributed by atoms with Crippen LogP contribution in [0.5, 0.6) is 0 Å². The monoisotopic (exact) mass is 463 g/mol. The largest absolute Gasteiger partial charge is 0.342 e. The van der Waals surface area contributed by atoms with Gasteiger partial charge in [-0.05, 0) is 54.1 Å². The van der Waals surface area contributed by atoms with Crippen molar-refractivity contribution in [1.82, 2.24) is 9.97 Å². The van der Waals surface area contributed by atoms with E-state index in [0.29, 0.717) is 43.6 Å². The lowest BCUT2D eigenvalue weighted by atomic mass is 10.1. The first kappa shape index (κ1) is 20.0. The first-order valence-corrected chi connectivity index (χ1v) is 10.1. The van der Waals surface area contributed by atoms with Crippen LogP contribution in [0, 0.1) is 0 Å². The zero-order chi connectivity index (χ0) is 20.5. The summed E-state index contributed by atoms with van der Waals surface area (Å²) in [4.78, 5) is 20.4. The summed E-state index contributed by atoms with van der Waals surface area (Å²) in [5.74, 6) is 0.395. The van der Waals surface area contributed by atoms with Gasteiger partial charge in [-0.15, -0.1) is 0 Å². The lowest BCUT2D eigenvalue weighted by Crippen LogP contribution is -2.12. The average Bonchev–Trinajstić information content (AvgIpc) is 3.09. The normalized spacial score (nSPS) is 11.0. The fraction of sp³-hybridized carbons (Fsp3) is 0.0476. The number of anilines is 1. The summed E-state index contributed by atoms with van der Waals surface area (Å²) in [5.41, 5.74) is 3.17. The number of benzene rings is 3. The number of nitrogens with one attached hydrogen (secondary N) is 2. The number of carbonyl (C=O) groups excluding carboxylic acids is 1.